The first-order valence-corrected chi connectivity index (χ1v) is 8.35. The second-order valence-corrected chi connectivity index (χ2v) is 7.25. The third kappa shape index (κ3) is 2.71. The molecule has 0 fully saturated rings. The summed E-state index contributed by atoms with van der Waals surface area (Å²) in [4.78, 5) is 21.6. The van der Waals surface area contributed by atoms with Crippen LogP contribution in [0, 0.1) is 6.92 Å². The van der Waals surface area contributed by atoms with Crippen molar-refractivity contribution in [2.75, 3.05) is 5.32 Å². The Hall–Kier alpha value is -3.22. The largest absolute Gasteiger partial charge is 0.440 e. The fourth-order valence-corrected chi connectivity index (χ4v) is 2.78. The van der Waals surface area contributed by atoms with Crippen molar-refractivity contribution in [2.24, 2.45) is 0 Å². The van der Waals surface area contributed by atoms with E-state index in [2.05, 4.69) is 20.4 Å². The van der Waals surface area contributed by atoms with Gasteiger partial charge in [-0.05, 0) is 31.2 Å². The average Bonchev–Trinajstić information content (AvgIpc) is 3.14. The van der Waals surface area contributed by atoms with Crippen LogP contribution in [0.3, 0.4) is 0 Å². The van der Waals surface area contributed by atoms with Gasteiger partial charge in [-0.1, -0.05) is 20.8 Å². The molecule has 0 bridgehead atoms. The Labute approximate surface area is 150 Å². The van der Waals surface area contributed by atoms with Crippen molar-refractivity contribution >= 4 is 28.3 Å². The minimum absolute atomic E-state index is 0.178. The van der Waals surface area contributed by atoms with Crippen LogP contribution in [0.5, 0.6) is 0 Å². The van der Waals surface area contributed by atoms with Crippen LogP contribution in [0.1, 0.15) is 42.7 Å². The summed E-state index contributed by atoms with van der Waals surface area (Å²) in [7, 11) is 0. The second kappa shape index (κ2) is 5.66. The molecule has 3 heterocycles. The SMILES string of the molecule is Cc1nn2cccnc2c1C(=O)Nc1ccc2oc(C(C)(C)C)nc2c1. The van der Waals surface area contributed by atoms with Crippen molar-refractivity contribution in [3.05, 3.63) is 53.8 Å². The van der Waals surface area contributed by atoms with Gasteiger partial charge in [0.05, 0.1) is 5.69 Å². The maximum atomic E-state index is 12.8. The molecule has 1 aromatic carbocycles. The molecule has 3 aromatic heterocycles. The van der Waals surface area contributed by atoms with Gasteiger partial charge < -0.3 is 9.73 Å². The number of anilines is 1. The molecular weight excluding hydrogens is 330 g/mol. The fourth-order valence-electron chi connectivity index (χ4n) is 2.78. The summed E-state index contributed by atoms with van der Waals surface area (Å²) in [6.07, 6.45) is 3.41. The first kappa shape index (κ1) is 16.3. The molecule has 4 aromatic rings. The summed E-state index contributed by atoms with van der Waals surface area (Å²) in [5.74, 6) is 0.411. The summed E-state index contributed by atoms with van der Waals surface area (Å²) >= 11 is 0. The summed E-state index contributed by atoms with van der Waals surface area (Å²) in [5, 5.41) is 7.23. The zero-order valence-electron chi connectivity index (χ0n) is 15.1. The van der Waals surface area contributed by atoms with E-state index in [-0.39, 0.29) is 11.3 Å². The Morgan fingerprint density at radius 2 is 2.08 bits per heavy atom. The number of amides is 1. The highest BCUT2D eigenvalue weighted by atomic mass is 16.3. The van der Waals surface area contributed by atoms with Gasteiger partial charge in [0, 0.05) is 23.5 Å². The smallest absolute Gasteiger partial charge is 0.261 e. The third-order valence-corrected chi connectivity index (χ3v) is 4.08. The van der Waals surface area contributed by atoms with Gasteiger partial charge in [0.2, 0.25) is 5.89 Å². The molecule has 1 N–H and O–H groups in total. The first-order chi connectivity index (χ1) is 12.3. The number of aromatic nitrogens is 4. The molecule has 0 radical (unpaired) electrons. The average molecular weight is 349 g/mol. The number of nitrogens with one attached hydrogen (secondary N) is 1. The lowest BCUT2D eigenvalue weighted by atomic mass is 9.97. The zero-order chi connectivity index (χ0) is 18.5. The molecule has 0 aliphatic rings. The van der Waals surface area contributed by atoms with E-state index in [1.807, 2.05) is 26.8 Å². The standard InChI is InChI=1S/C19H19N5O2/c1-11-15(16-20-8-5-9-24(16)23-11)17(25)21-12-6-7-14-13(10-12)22-18(26-14)19(2,3)4/h5-10H,1-4H3,(H,21,25). The van der Waals surface area contributed by atoms with Crippen LogP contribution in [-0.4, -0.2) is 25.5 Å². The van der Waals surface area contributed by atoms with Crippen LogP contribution < -0.4 is 5.32 Å². The Balaban J connectivity index is 1.68. The molecule has 132 valence electrons. The predicted octanol–water partition coefficient (Wildman–Crippen LogP) is 3.73. The number of fused-ring (bicyclic) bond motifs is 2. The van der Waals surface area contributed by atoms with Crippen molar-refractivity contribution < 1.29 is 9.21 Å². The molecular formula is C19H19N5O2. The number of carbonyl (C=O) groups excluding carboxylic acids is 1. The molecule has 7 nitrogen and oxygen atoms in total. The van der Waals surface area contributed by atoms with Gasteiger partial charge in [-0.15, -0.1) is 0 Å². The highest BCUT2D eigenvalue weighted by Crippen LogP contribution is 2.27. The Morgan fingerprint density at radius 1 is 1.27 bits per heavy atom. The van der Waals surface area contributed by atoms with E-state index in [9.17, 15) is 4.79 Å². The number of hydrogen-bond donors (Lipinski definition) is 1. The summed E-state index contributed by atoms with van der Waals surface area (Å²) in [6, 6.07) is 7.19. The molecule has 26 heavy (non-hydrogen) atoms. The second-order valence-electron chi connectivity index (χ2n) is 7.25. The number of carbonyl (C=O) groups is 1. The minimum Gasteiger partial charge on any atom is -0.440 e. The van der Waals surface area contributed by atoms with Crippen LogP contribution in [0.25, 0.3) is 16.7 Å². The molecule has 0 aliphatic carbocycles. The van der Waals surface area contributed by atoms with E-state index in [0.717, 1.165) is 0 Å². The van der Waals surface area contributed by atoms with Crippen molar-refractivity contribution in [3.63, 3.8) is 0 Å². The van der Waals surface area contributed by atoms with Gasteiger partial charge in [0.25, 0.3) is 5.91 Å². The van der Waals surface area contributed by atoms with Gasteiger partial charge in [-0.3, -0.25) is 4.79 Å². The van der Waals surface area contributed by atoms with Gasteiger partial charge in [-0.25, -0.2) is 14.5 Å². The molecule has 7 heteroatoms. The number of aryl methyl sites for hydroxylation is 1. The molecule has 0 spiro atoms. The van der Waals surface area contributed by atoms with Crippen molar-refractivity contribution in [1.29, 1.82) is 0 Å². The van der Waals surface area contributed by atoms with Gasteiger partial charge in [0.1, 0.15) is 11.1 Å². The van der Waals surface area contributed by atoms with Crippen molar-refractivity contribution in [3.8, 4) is 0 Å². The quantitative estimate of drug-likeness (QED) is 0.596. The normalized spacial score (nSPS) is 12.0. The Morgan fingerprint density at radius 3 is 2.85 bits per heavy atom. The van der Waals surface area contributed by atoms with E-state index in [1.54, 1.807) is 42.0 Å². The highest BCUT2D eigenvalue weighted by Gasteiger charge is 2.22. The number of oxazole rings is 1. The number of nitrogens with zero attached hydrogens (tertiary/aromatic N) is 4. The third-order valence-electron chi connectivity index (χ3n) is 4.08. The van der Waals surface area contributed by atoms with Gasteiger partial charge in [-0.2, -0.15) is 5.10 Å². The Bertz CT molecular complexity index is 1130. The van der Waals surface area contributed by atoms with Crippen LogP contribution in [-0.2, 0) is 5.41 Å². The number of rotatable bonds is 2. The molecule has 0 saturated carbocycles. The van der Waals surface area contributed by atoms with Crippen LogP contribution >= 0.6 is 0 Å². The van der Waals surface area contributed by atoms with E-state index in [4.69, 9.17) is 4.42 Å². The maximum absolute atomic E-state index is 12.8. The van der Waals surface area contributed by atoms with Crippen LogP contribution in [0.4, 0.5) is 5.69 Å². The van der Waals surface area contributed by atoms with E-state index in [1.165, 1.54) is 0 Å². The van der Waals surface area contributed by atoms with Crippen molar-refractivity contribution in [2.45, 2.75) is 33.1 Å². The molecule has 0 saturated heterocycles. The van der Waals surface area contributed by atoms with Gasteiger partial charge in [0.15, 0.2) is 11.2 Å². The lowest BCUT2D eigenvalue weighted by molar-refractivity contribution is 0.102. The summed E-state index contributed by atoms with van der Waals surface area (Å²) < 4.78 is 7.39. The fraction of sp³-hybridized carbons (Fsp3) is 0.263. The topological polar surface area (TPSA) is 85.3 Å². The number of benzene rings is 1. The van der Waals surface area contributed by atoms with Gasteiger partial charge >= 0.3 is 0 Å². The molecule has 1 amide bonds. The van der Waals surface area contributed by atoms with Crippen LogP contribution in [0.2, 0.25) is 0 Å². The molecule has 0 aliphatic heterocycles. The van der Waals surface area contributed by atoms with Crippen LogP contribution in [0.15, 0.2) is 41.1 Å². The van der Waals surface area contributed by atoms with E-state index in [0.29, 0.717) is 39.6 Å². The monoisotopic (exact) mass is 349 g/mol. The predicted molar refractivity (Wildman–Crippen MR) is 98.4 cm³/mol. The summed E-state index contributed by atoms with van der Waals surface area (Å²) in [5.41, 5.74) is 3.48. The maximum Gasteiger partial charge on any atom is 0.261 e. The Kier molecular flexibility index (Phi) is 3.54. The van der Waals surface area contributed by atoms with E-state index >= 15 is 0 Å². The molecule has 0 unspecified atom stereocenters. The van der Waals surface area contributed by atoms with E-state index < -0.39 is 0 Å². The molecule has 0 atom stereocenters. The minimum atomic E-state index is -0.255. The lowest BCUT2D eigenvalue weighted by Crippen LogP contribution is -2.13. The first-order valence-electron chi connectivity index (χ1n) is 8.35. The molecule has 4 rings (SSSR count). The lowest BCUT2D eigenvalue weighted by Gasteiger charge is -2.11. The summed E-state index contributed by atoms with van der Waals surface area (Å²) in [6.45, 7) is 7.92. The number of hydrogen-bond acceptors (Lipinski definition) is 5. The highest BCUT2D eigenvalue weighted by molar-refractivity contribution is 6.09. The van der Waals surface area contributed by atoms with Crippen molar-refractivity contribution in [1.82, 2.24) is 19.6 Å². The zero-order valence-corrected chi connectivity index (χ0v) is 15.1.